The van der Waals surface area contributed by atoms with E-state index in [9.17, 15) is 0 Å². The van der Waals surface area contributed by atoms with Gasteiger partial charge in [-0.25, -0.2) is 4.98 Å². The van der Waals surface area contributed by atoms with Crippen LogP contribution in [0.5, 0.6) is 0 Å². The quantitative estimate of drug-likeness (QED) is 0.813. The van der Waals surface area contributed by atoms with Gasteiger partial charge in [0.1, 0.15) is 5.01 Å². The third kappa shape index (κ3) is 4.44. The van der Waals surface area contributed by atoms with Crippen molar-refractivity contribution in [1.29, 1.82) is 0 Å². The molecule has 0 aliphatic heterocycles. The van der Waals surface area contributed by atoms with E-state index < -0.39 is 0 Å². The highest BCUT2D eigenvalue weighted by Gasteiger charge is 2.02. The average molecular weight is 230 g/mol. The minimum absolute atomic E-state index is 0.775. The van der Waals surface area contributed by atoms with Crippen LogP contribution in [0.1, 0.15) is 23.7 Å². The minimum atomic E-state index is 0.775. The number of hydrogen-bond donors (Lipinski definition) is 1. The van der Waals surface area contributed by atoms with Crippen molar-refractivity contribution in [3.63, 3.8) is 0 Å². The highest BCUT2D eigenvalue weighted by molar-refractivity contribution is 7.98. The molecule has 4 heteroatoms. The van der Waals surface area contributed by atoms with E-state index in [1.165, 1.54) is 15.6 Å². The molecule has 80 valence electrons. The van der Waals surface area contributed by atoms with Crippen LogP contribution >= 0.6 is 23.1 Å². The summed E-state index contributed by atoms with van der Waals surface area (Å²) in [4.78, 5) is 5.72. The van der Waals surface area contributed by atoms with Gasteiger partial charge in [0.2, 0.25) is 0 Å². The summed E-state index contributed by atoms with van der Waals surface area (Å²) >= 11 is 3.79. The molecule has 1 aromatic heterocycles. The third-order valence-electron chi connectivity index (χ3n) is 1.63. The molecule has 0 aromatic carbocycles. The predicted octanol–water partition coefficient (Wildman–Crippen LogP) is 2.75. The van der Waals surface area contributed by atoms with E-state index >= 15 is 0 Å². The van der Waals surface area contributed by atoms with Crippen LogP contribution in [0.15, 0.2) is 6.20 Å². The maximum absolute atomic E-state index is 4.39. The lowest BCUT2D eigenvalue weighted by Crippen LogP contribution is -2.02. The van der Waals surface area contributed by atoms with Gasteiger partial charge >= 0.3 is 0 Å². The van der Waals surface area contributed by atoms with Crippen molar-refractivity contribution in [1.82, 2.24) is 10.3 Å². The fourth-order valence-electron chi connectivity index (χ4n) is 1.05. The molecule has 2 nitrogen and oxygen atoms in total. The van der Waals surface area contributed by atoms with Crippen LogP contribution in [0, 0.1) is 5.92 Å². The van der Waals surface area contributed by atoms with E-state index in [-0.39, 0.29) is 0 Å². The molecule has 14 heavy (non-hydrogen) atoms. The Morgan fingerprint density at radius 3 is 3.00 bits per heavy atom. The number of thioether (sulfide) groups is 1. The molecular formula is C10H18N2S2. The molecule has 0 atom stereocenters. The zero-order valence-corrected chi connectivity index (χ0v) is 10.7. The lowest BCUT2D eigenvalue weighted by Gasteiger charge is -2.01. The second-order valence-corrected chi connectivity index (χ2v) is 5.89. The molecule has 0 bridgehead atoms. The minimum Gasteiger partial charge on any atom is -0.315 e. The number of nitrogens with zero attached hydrogens (tertiary/aromatic N) is 1. The Kier molecular flexibility index (Phi) is 5.52. The number of rotatable bonds is 6. The highest BCUT2D eigenvalue weighted by atomic mass is 32.2. The number of nitrogens with one attached hydrogen (secondary N) is 1. The van der Waals surface area contributed by atoms with Crippen LogP contribution in [-0.4, -0.2) is 17.8 Å². The van der Waals surface area contributed by atoms with Crippen molar-refractivity contribution in [3.05, 3.63) is 16.1 Å². The van der Waals surface area contributed by atoms with Crippen molar-refractivity contribution in [2.45, 2.75) is 26.1 Å². The summed E-state index contributed by atoms with van der Waals surface area (Å²) in [5.41, 5.74) is 0. The van der Waals surface area contributed by atoms with Crippen molar-refractivity contribution < 1.29 is 0 Å². The summed E-state index contributed by atoms with van der Waals surface area (Å²) in [6.07, 6.45) is 1.98. The number of aromatic nitrogens is 1. The van der Waals surface area contributed by atoms with Crippen LogP contribution in [0.2, 0.25) is 0 Å². The molecule has 0 unspecified atom stereocenters. The maximum Gasteiger partial charge on any atom is 0.103 e. The lowest BCUT2D eigenvalue weighted by molar-refractivity contribution is 0.750. The Bertz CT molecular complexity index is 258. The third-order valence-corrected chi connectivity index (χ3v) is 4.19. The first-order valence-electron chi connectivity index (χ1n) is 4.88. The van der Waals surface area contributed by atoms with Gasteiger partial charge in [-0.3, -0.25) is 0 Å². The molecule has 1 aromatic rings. The van der Waals surface area contributed by atoms with Gasteiger partial charge in [-0.1, -0.05) is 13.8 Å². The van der Waals surface area contributed by atoms with Gasteiger partial charge < -0.3 is 5.32 Å². The van der Waals surface area contributed by atoms with E-state index in [1.807, 2.05) is 36.3 Å². The Labute approximate surface area is 94.5 Å². The van der Waals surface area contributed by atoms with Gasteiger partial charge in [0, 0.05) is 23.4 Å². The van der Waals surface area contributed by atoms with E-state index in [1.54, 1.807) is 0 Å². The van der Waals surface area contributed by atoms with Gasteiger partial charge in [0.15, 0.2) is 0 Å². The van der Waals surface area contributed by atoms with Gasteiger partial charge in [-0.05, 0) is 18.7 Å². The predicted molar refractivity (Wildman–Crippen MR) is 65.9 cm³/mol. The first-order valence-corrected chi connectivity index (χ1v) is 6.85. The van der Waals surface area contributed by atoms with E-state index in [0.717, 1.165) is 18.2 Å². The topological polar surface area (TPSA) is 24.9 Å². The Balaban J connectivity index is 2.28. The second kappa shape index (κ2) is 6.43. The van der Waals surface area contributed by atoms with E-state index in [4.69, 9.17) is 0 Å². The first-order chi connectivity index (χ1) is 6.72. The van der Waals surface area contributed by atoms with Crippen LogP contribution in [-0.2, 0) is 12.3 Å². The largest absolute Gasteiger partial charge is 0.315 e. The molecule has 0 amide bonds. The molecule has 1 rings (SSSR count). The summed E-state index contributed by atoms with van der Waals surface area (Å²) in [7, 11) is 1.97. The lowest BCUT2D eigenvalue weighted by atomic mass is 10.3. The molecule has 0 saturated heterocycles. The molecule has 0 aliphatic rings. The van der Waals surface area contributed by atoms with Crippen LogP contribution < -0.4 is 5.32 Å². The Morgan fingerprint density at radius 1 is 1.57 bits per heavy atom. The molecule has 0 spiro atoms. The fourth-order valence-corrected chi connectivity index (χ4v) is 3.11. The Hall–Kier alpha value is -0.0600. The molecule has 1 N–H and O–H groups in total. The average Bonchev–Trinajstić information content (AvgIpc) is 2.53. The monoisotopic (exact) mass is 230 g/mol. The summed E-state index contributed by atoms with van der Waals surface area (Å²) in [6.45, 7) is 5.44. The highest BCUT2D eigenvalue weighted by Crippen LogP contribution is 2.19. The first kappa shape index (κ1) is 12.0. The second-order valence-electron chi connectivity index (χ2n) is 3.66. The molecule has 0 saturated carbocycles. The van der Waals surface area contributed by atoms with E-state index in [2.05, 4.69) is 24.1 Å². The van der Waals surface area contributed by atoms with E-state index in [0.29, 0.717) is 0 Å². The van der Waals surface area contributed by atoms with Crippen LogP contribution in [0.3, 0.4) is 0 Å². The summed E-state index contributed by atoms with van der Waals surface area (Å²) in [6, 6.07) is 0. The molecule has 0 aliphatic carbocycles. The summed E-state index contributed by atoms with van der Waals surface area (Å²) in [5, 5.41) is 4.39. The van der Waals surface area contributed by atoms with Crippen LogP contribution in [0.4, 0.5) is 0 Å². The number of hydrogen-bond acceptors (Lipinski definition) is 4. The van der Waals surface area contributed by atoms with Crippen molar-refractivity contribution in [3.8, 4) is 0 Å². The summed E-state index contributed by atoms with van der Waals surface area (Å²) < 4.78 is 0. The van der Waals surface area contributed by atoms with Gasteiger partial charge in [0.25, 0.3) is 0 Å². The zero-order chi connectivity index (χ0) is 10.4. The normalized spacial score (nSPS) is 11.1. The maximum atomic E-state index is 4.39. The molecule has 1 heterocycles. The molecule has 0 radical (unpaired) electrons. The van der Waals surface area contributed by atoms with Gasteiger partial charge in [-0.2, -0.15) is 11.8 Å². The van der Waals surface area contributed by atoms with Crippen molar-refractivity contribution >= 4 is 23.1 Å². The Morgan fingerprint density at radius 2 is 2.36 bits per heavy atom. The smallest absolute Gasteiger partial charge is 0.103 e. The SMILES string of the molecule is CNCc1cnc(CSCC(C)C)s1. The fraction of sp³-hybridized carbons (Fsp3) is 0.700. The van der Waals surface area contributed by atoms with Crippen molar-refractivity contribution in [2.24, 2.45) is 5.92 Å². The van der Waals surface area contributed by atoms with Gasteiger partial charge in [0.05, 0.1) is 0 Å². The van der Waals surface area contributed by atoms with Gasteiger partial charge in [-0.15, -0.1) is 11.3 Å². The molecule has 0 fully saturated rings. The summed E-state index contributed by atoms with van der Waals surface area (Å²) in [5.74, 6) is 3.06. The molecular weight excluding hydrogens is 212 g/mol. The standard InChI is InChI=1S/C10H18N2S2/c1-8(2)6-13-7-10-12-5-9(14-10)4-11-3/h5,8,11H,4,6-7H2,1-3H3. The number of thiazole rings is 1. The van der Waals surface area contributed by atoms with Crippen LogP contribution in [0.25, 0.3) is 0 Å². The van der Waals surface area contributed by atoms with Crippen molar-refractivity contribution in [2.75, 3.05) is 12.8 Å². The zero-order valence-electron chi connectivity index (χ0n) is 9.04.